The predicted molar refractivity (Wildman–Crippen MR) is 40.0 cm³/mol. The van der Waals surface area contributed by atoms with Crippen molar-refractivity contribution in [3.8, 4) is 0 Å². The van der Waals surface area contributed by atoms with Crippen molar-refractivity contribution in [2.45, 2.75) is 26.2 Å². The molecule has 0 fully saturated rings. The smallest absolute Gasteiger partial charge is 0.364 e. The van der Waals surface area contributed by atoms with Crippen molar-refractivity contribution in [3.63, 3.8) is 0 Å². The van der Waals surface area contributed by atoms with Crippen molar-refractivity contribution in [2.75, 3.05) is 5.75 Å². The summed E-state index contributed by atoms with van der Waals surface area (Å²) >= 11 is 0.988. The van der Waals surface area contributed by atoms with Gasteiger partial charge in [0, 0.05) is 5.75 Å². The SMILES string of the molecule is CCCCCSC(=O)O. The van der Waals surface area contributed by atoms with Crippen molar-refractivity contribution in [1.82, 2.24) is 0 Å². The Kier molecular flexibility index (Phi) is 5.83. The first-order chi connectivity index (χ1) is 4.27. The number of hydrogen-bond donors (Lipinski definition) is 1. The predicted octanol–water partition coefficient (Wildman–Crippen LogP) is 2.59. The second-order valence-electron chi connectivity index (χ2n) is 1.82. The standard InChI is InChI=1S/C6H12O2S/c1-2-3-4-5-9-6(7)8/h2-5H2,1H3,(H,7,8). The van der Waals surface area contributed by atoms with E-state index in [2.05, 4.69) is 6.92 Å². The highest BCUT2D eigenvalue weighted by molar-refractivity contribution is 8.13. The molecule has 0 aliphatic heterocycles. The van der Waals surface area contributed by atoms with E-state index in [0.29, 0.717) is 0 Å². The topological polar surface area (TPSA) is 37.3 Å². The zero-order valence-electron chi connectivity index (χ0n) is 5.59. The molecule has 0 spiro atoms. The van der Waals surface area contributed by atoms with E-state index >= 15 is 0 Å². The van der Waals surface area contributed by atoms with Gasteiger partial charge in [-0.3, -0.25) is 0 Å². The molecule has 0 unspecified atom stereocenters. The van der Waals surface area contributed by atoms with E-state index in [1.165, 1.54) is 0 Å². The fourth-order valence-electron chi connectivity index (χ4n) is 0.512. The lowest BCUT2D eigenvalue weighted by atomic mass is 10.3. The van der Waals surface area contributed by atoms with E-state index in [9.17, 15) is 4.79 Å². The molecule has 0 aromatic carbocycles. The van der Waals surface area contributed by atoms with Gasteiger partial charge in [-0.1, -0.05) is 19.8 Å². The van der Waals surface area contributed by atoms with Gasteiger partial charge in [0.15, 0.2) is 0 Å². The van der Waals surface area contributed by atoms with Crippen LogP contribution in [0.2, 0.25) is 0 Å². The van der Waals surface area contributed by atoms with E-state index in [1.54, 1.807) is 0 Å². The molecule has 0 aromatic rings. The van der Waals surface area contributed by atoms with Gasteiger partial charge in [0.2, 0.25) is 0 Å². The van der Waals surface area contributed by atoms with E-state index in [1.807, 2.05) is 0 Å². The molecule has 9 heavy (non-hydrogen) atoms. The van der Waals surface area contributed by atoms with Crippen LogP contribution in [0.15, 0.2) is 0 Å². The van der Waals surface area contributed by atoms with Crippen LogP contribution in [-0.2, 0) is 0 Å². The summed E-state index contributed by atoms with van der Waals surface area (Å²) in [6.07, 6.45) is 3.31. The van der Waals surface area contributed by atoms with Gasteiger partial charge in [-0.05, 0) is 18.2 Å². The zero-order valence-corrected chi connectivity index (χ0v) is 6.41. The molecule has 0 radical (unpaired) electrons. The number of carbonyl (C=O) groups is 1. The third-order valence-electron chi connectivity index (χ3n) is 0.973. The van der Waals surface area contributed by atoms with Gasteiger partial charge in [-0.25, -0.2) is 4.79 Å². The maximum atomic E-state index is 9.93. The lowest BCUT2D eigenvalue weighted by Gasteiger charge is -1.92. The molecule has 0 heterocycles. The number of hydrogen-bond acceptors (Lipinski definition) is 2. The van der Waals surface area contributed by atoms with Gasteiger partial charge in [0.05, 0.1) is 0 Å². The molecule has 0 aromatic heterocycles. The van der Waals surface area contributed by atoms with Crippen LogP contribution in [0.1, 0.15) is 26.2 Å². The van der Waals surface area contributed by atoms with Crippen LogP contribution in [0.5, 0.6) is 0 Å². The van der Waals surface area contributed by atoms with Crippen LogP contribution in [0, 0.1) is 0 Å². The lowest BCUT2D eigenvalue weighted by Crippen LogP contribution is -1.86. The molecular weight excluding hydrogens is 136 g/mol. The Morgan fingerprint density at radius 2 is 2.22 bits per heavy atom. The average Bonchev–Trinajstić information content (AvgIpc) is 1.80. The van der Waals surface area contributed by atoms with Gasteiger partial charge in [-0.15, -0.1) is 0 Å². The van der Waals surface area contributed by atoms with Crippen LogP contribution in [0.4, 0.5) is 4.79 Å². The first-order valence-electron chi connectivity index (χ1n) is 3.13. The normalized spacial score (nSPS) is 9.44. The first kappa shape index (κ1) is 8.82. The third kappa shape index (κ3) is 7.82. The summed E-state index contributed by atoms with van der Waals surface area (Å²) < 4.78 is 0. The van der Waals surface area contributed by atoms with E-state index in [0.717, 1.165) is 36.8 Å². The summed E-state index contributed by atoms with van der Waals surface area (Å²) in [5.74, 6) is 0.753. The number of rotatable bonds is 4. The van der Waals surface area contributed by atoms with Crippen LogP contribution < -0.4 is 0 Å². The molecule has 0 saturated heterocycles. The van der Waals surface area contributed by atoms with Gasteiger partial charge < -0.3 is 5.11 Å². The molecule has 0 saturated carbocycles. The Morgan fingerprint density at radius 1 is 1.56 bits per heavy atom. The fourth-order valence-corrected chi connectivity index (χ4v) is 1.03. The molecule has 1 N–H and O–H groups in total. The van der Waals surface area contributed by atoms with Crippen LogP contribution >= 0.6 is 11.8 Å². The fraction of sp³-hybridized carbons (Fsp3) is 0.833. The third-order valence-corrected chi connectivity index (χ3v) is 1.71. The lowest BCUT2D eigenvalue weighted by molar-refractivity contribution is 0.222. The summed E-state index contributed by atoms with van der Waals surface area (Å²) in [6.45, 7) is 2.10. The number of carboxylic acid groups (broad SMARTS) is 1. The summed E-state index contributed by atoms with van der Waals surface area (Å²) in [4.78, 5) is 9.93. The van der Waals surface area contributed by atoms with Gasteiger partial charge >= 0.3 is 5.30 Å². The monoisotopic (exact) mass is 148 g/mol. The van der Waals surface area contributed by atoms with Gasteiger partial charge in [0.1, 0.15) is 0 Å². The van der Waals surface area contributed by atoms with Crippen molar-refractivity contribution < 1.29 is 9.90 Å². The second-order valence-corrected chi connectivity index (χ2v) is 2.87. The Bertz CT molecular complexity index is 83.1. The molecule has 0 amide bonds. The summed E-state index contributed by atoms with van der Waals surface area (Å²) in [7, 11) is 0. The molecule has 0 aliphatic rings. The maximum Gasteiger partial charge on any atom is 0.364 e. The maximum absolute atomic E-state index is 9.93. The Morgan fingerprint density at radius 3 is 2.67 bits per heavy atom. The Labute approximate surface area is 59.6 Å². The summed E-state index contributed by atoms with van der Waals surface area (Å²) in [5, 5.41) is 7.42. The van der Waals surface area contributed by atoms with E-state index in [4.69, 9.17) is 5.11 Å². The van der Waals surface area contributed by atoms with Crippen molar-refractivity contribution in [3.05, 3.63) is 0 Å². The van der Waals surface area contributed by atoms with Crippen LogP contribution in [-0.4, -0.2) is 16.2 Å². The van der Waals surface area contributed by atoms with Gasteiger partial charge in [-0.2, -0.15) is 0 Å². The molecule has 0 rings (SSSR count). The quantitative estimate of drug-likeness (QED) is 0.622. The average molecular weight is 148 g/mol. The van der Waals surface area contributed by atoms with Crippen molar-refractivity contribution in [1.29, 1.82) is 0 Å². The largest absolute Gasteiger partial charge is 0.473 e. The highest BCUT2D eigenvalue weighted by Gasteiger charge is 1.94. The zero-order chi connectivity index (χ0) is 7.11. The minimum atomic E-state index is -0.758. The van der Waals surface area contributed by atoms with Crippen molar-refractivity contribution >= 4 is 17.1 Å². The second kappa shape index (κ2) is 5.95. The molecule has 3 heteroatoms. The Balaban J connectivity index is 2.83. The minimum Gasteiger partial charge on any atom is -0.473 e. The molecule has 0 bridgehead atoms. The molecule has 2 nitrogen and oxygen atoms in total. The highest BCUT2D eigenvalue weighted by Crippen LogP contribution is 2.05. The summed E-state index contributed by atoms with van der Waals surface area (Å²) in [5.41, 5.74) is 0. The van der Waals surface area contributed by atoms with E-state index < -0.39 is 5.30 Å². The molecule has 0 atom stereocenters. The number of thioether (sulfide) groups is 1. The minimum absolute atomic E-state index is 0.753. The molecule has 0 aliphatic carbocycles. The molecule has 54 valence electrons. The molecular formula is C6H12O2S. The Hall–Kier alpha value is -0.180. The first-order valence-corrected chi connectivity index (χ1v) is 4.11. The van der Waals surface area contributed by atoms with Crippen LogP contribution in [0.25, 0.3) is 0 Å². The highest BCUT2D eigenvalue weighted by atomic mass is 32.2. The van der Waals surface area contributed by atoms with E-state index in [-0.39, 0.29) is 0 Å². The number of unbranched alkanes of at least 4 members (excludes halogenated alkanes) is 2. The summed E-state index contributed by atoms with van der Waals surface area (Å²) in [6, 6.07) is 0. The van der Waals surface area contributed by atoms with Crippen molar-refractivity contribution in [2.24, 2.45) is 0 Å². The van der Waals surface area contributed by atoms with Gasteiger partial charge in [0.25, 0.3) is 0 Å². The van der Waals surface area contributed by atoms with Crippen LogP contribution in [0.3, 0.4) is 0 Å².